The highest BCUT2D eigenvalue weighted by molar-refractivity contribution is 5.95. The molecule has 226 valence electrons. The molecule has 2 aromatic heterocycles. The van der Waals surface area contributed by atoms with Gasteiger partial charge in [-0.2, -0.15) is 18.3 Å². The Morgan fingerprint density at radius 1 is 1.12 bits per heavy atom. The number of nitrogens with one attached hydrogen (secondary N) is 2. The number of hydrogen-bond donors (Lipinski definition) is 3. The molecule has 11 nitrogen and oxygen atoms in total. The molecule has 0 spiro atoms. The van der Waals surface area contributed by atoms with Crippen molar-refractivity contribution in [3.63, 3.8) is 0 Å². The van der Waals surface area contributed by atoms with Crippen LogP contribution in [0.5, 0.6) is 0 Å². The summed E-state index contributed by atoms with van der Waals surface area (Å²) in [6.45, 7) is 4.35. The largest absolute Gasteiger partial charge is 0.467 e. The Morgan fingerprint density at radius 3 is 2.43 bits per heavy atom. The van der Waals surface area contributed by atoms with Gasteiger partial charge in [0, 0.05) is 17.2 Å². The number of nitrogens with zero attached hydrogens (tertiary/aromatic N) is 3. The molecule has 2 heterocycles. The Hall–Kier alpha value is -4.20. The molecule has 1 aromatic carbocycles. The Kier molecular flexibility index (Phi) is 9.04. The first-order valence-corrected chi connectivity index (χ1v) is 13.4. The third-order valence-corrected chi connectivity index (χ3v) is 6.97. The molecule has 4 rings (SSSR count). The fraction of sp³-hybridized carbons (Fsp3) is 0.464. The summed E-state index contributed by atoms with van der Waals surface area (Å²) in [5.41, 5.74) is 0.884. The molecule has 14 heteroatoms. The second-order valence-electron chi connectivity index (χ2n) is 10.6. The maximum absolute atomic E-state index is 13.1. The van der Waals surface area contributed by atoms with E-state index in [1.54, 1.807) is 38.1 Å². The van der Waals surface area contributed by atoms with Crippen molar-refractivity contribution in [3.8, 4) is 22.7 Å². The van der Waals surface area contributed by atoms with Crippen molar-refractivity contribution in [2.24, 2.45) is 11.8 Å². The third-order valence-electron chi connectivity index (χ3n) is 6.97. The van der Waals surface area contributed by atoms with Crippen LogP contribution in [-0.2, 0) is 16.1 Å². The molecular formula is C28H32F3N5O6. The summed E-state index contributed by atoms with van der Waals surface area (Å²) in [6, 6.07) is 6.76. The van der Waals surface area contributed by atoms with Gasteiger partial charge in [0.25, 0.3) is 11.8 Å². The van der Waals surface area contributed by atoms with Crippen molar-refractivity contribution in [3.05, 3.63) is 48.0 Å². The van der Waals surface area contributed by atoms with E-state index in [2.05, 4.69) is 20.7 Å². The number of ether oxygens (including phenoxy) is 1. The van der Waals surface area contributed by atoms with Crippen molar-refractivity contribution in [1.29, 1.82) is 0 Å². The zero-order chi connectivity index (χ0) is 30.8. The van der Waals surface area contributed by atoms with Crippen molar-refractivity contribution in [2.45, 2.75) is 64.5 Å². The smallest absolute Gasteiger partial charge is 0.416 e. The zero-order valence-corrected chi connectivity index (χ0v) is 23.4. The van der Waals surface area contributed by atoms with Gasteiger partial charge in [-0.15, -0.1) is 0 Å². The van der Waals surface area contributed by atoms with E-state index in [1.807, 2.05) is 6.92 Å². The van der Waals surface area contributed by atoms with Crippen LogP contribution in [0.2, 0.25) is 0 Å². The molecule has 1 aliphatic carbocycles. The number of benzene rings is 1. The lowest BCUT2D eigenvalue weighted by Crippen LogP contribution is -2.44. The third kappa shape index (κ3) is 7.16. The minimum Gasteiger partial charge on any atom is -0.467 e. The molecule has 42 heavy (non-hydrogen) atoms. The van der Waals surface area contributed by atoms with E-state index in [1.165, 1.54) is 19.4 Å². The van der Waals surface area contributed by atoms with E-state index in [0.717, 1.165) is 17.5 Å². The van der Waals surface area contributed by atoms with Gasteiger partial charge in [0.1, 0.15) is 11.7 Å². The number of halogens is 3. The monoisotopic (exact) mass is 591 g/mol. The van der Waals surface area contributed by atoms with E-state index in [4.69, 9.17) is 9.15 Å². The highest BCUT2D eigenvalue weighted by Crippen LogP contribution is 2.33. The lowest BCUT2D eigenvalue weighted by Gasteiger charge is -2.18. The van der Waals surface area contributed by atoms with Crippen molar-refractivity contribution < 1.29 is 41.8 Å². The molecule has 3 N–H and O–H groups in total. The van der Waals surface area contributed by atoms with Gasteiger partial charge in [-0.3, -0.25) is 14.3 Å². The number of oxazole rings is 1. The summed E-state index contributed by atoms with van der Waals surface area (Å²) in [5, 5.41) is 19.2. The summed E-state index contributed by atoms with van der Waals surface area (Å²) < 4.78 is 50.6. The van der Waals surface area contributed by atoms with Crippen LogP contribution < -0.4 is 10.6 Å². The first-order chi connectivity index (χ1) is 19.8. The van der Waals surface area contributed by atoms with E-state index >= 15 is 0 Å². The normalized spacial score (nSPS) is 15.6. The molecule has 3 atom stereocenters. The molecule has 1 saturated carbocycles. The topological polar surface area (TPSA) is 149 Å². The average Bonchev–Trinajstić information content (AvgIpc) is 3.52. The number of aliphatic hydroxyl groups excluding tert-OH is 1. The summed E-state index contributed by atoms with van der Waals surface area (Å²) in [5.74, 6) is -1.92. The van der Waals surface area contributed by atoms with Crippen molar-refractivity contribution in [1.82, 2.24) is 25.4 Å². The maximum Gasteiger partial charge on any atom is 0.416 e. The molecule has 0 aliphatic heterocycles. The predicted octanol–water partition coefficient (Wildman–Crippen LogP) is 3.58. The second-order valence-corrected chi connectivity index (χ2v) is 10.6. The highest BCUT2D eigenvalue weighted by Gasteiger charge is 2.39. The molecule has 2 unspecified atom stereocenters. The van der Waals surface area contributed by atoms with Crippen LogP contribution in [0.4, 0.5) is 13.2 Å². The van der Waals surface area contributed by atoms with Crippen LogP contribution in [0.3, 0.4) is 0 Å². The van der Waals surface area contributed by atoms with E-state index in [9.17, 15) is 32.7 Å². The lowest BCUT2D eigenvalue weighted by molar-refractivity contribution is -0.208. The lowest BCUT2D eigenvalue weighted by atomic mass is 10.0. The SMILES string of the molecule is COC(=O)C(NC(=O)c1cnc(-c2cccc(-c3cc(C(=O)N[C@@H](C)C4CC4)n(CC(O)C(F)(F)F)n3)c2)o1)C(C)C. The number of methoxy groups -OCH3 is 1. The Balaban J connectivity index is 1.59. The molecule has 2 amide bonds. The van der Waals surface area contributed by atoms with Crippen LogP contribution in [0.25, 0.3) is 22.7 Å². The number of alkyl halides is 3. The number of amides is 2. The molecular weight excluding hydrogens is 559 g/mol. The summed E-state index contributed by atoms with van der Waals surface area (Å²) >= 11 is 0. The zero-order valence-electron chi connectivity index (χ0n) is 23.4. The highest BCUT2D eigenvalue weighted by atomic mass is 19.4. The van der Waals surface area contributed by atoms with Gasteiger partial charge in [0.05, 0.1) is 25.5 Å². The van der Waals surface area contributed by atoms with Crippen LogP contribution in [-0.4, -0.2) is 69.1 Å². The number of hydrogen-bond acceptors (Lipinski definition) is 8. The van der Waals surface area contributed by atoms with Crippen molar-refractivity contribution in [2.75, 3.05) is 7.11 Å². The molecule has 3 aromatic rings. The van der Waals surface area contributed by atoms with Gasteiger partial charge in [-0.25, -0.2) is 9.78 Å². The summed E-state index contributed by atoms with van der Waals surface area (Å²) in [7, 11) is 1.22. The molecule has 1 fully saturated rings. The average molecular weight is 592 g/mol. The van der Waals surface area contributed by atoms with Crippen molar-refractivity contribution >= 4 is 17.8 Å². The van der Waals surface area contributed by atoms with Gasteiger partial charge in [-0.1, -0.05) is 26.0 Å². The van der Waals surface area contributed by atoms with Crippen LogP contribution in [0.15, 0.2) is 40.9 Å². The number of aliphatic hydroxyl groups is 1. The minimum absolute atomic E-state index is 0.0596. The fourth-order valence-corrected chi connectivity index (χ4v) is 4.30. The molecule has 0 radical (unpaired) electrons. The fourth-order valence-electron chi connectivity index (χ4n) is 4.30. The van der Waals surface area contributed by atoms with Crippen LogP contribution >= 0.6 is 0 Å². The number of rotatable bonds is 11. The van der Waals surface area contributed by atoms with Gasteiger partial charge in [0.2, 0.25) is 11.7 Å². The van der Waals surface area contributed by atoms with E-state index in [0.29, 0.717) is 17.0 Å². The minimum atomic E-state index is -4.90. The predicted molar refractivity (Wildman–Crippen MR) is 143 cm³/mol. The van der Waals surface area contributed by atoms with Crippen LogP contribution in [0, 0.1) is 11.8 Å². The van der Waals surface area contributed by atoms with E-state index in [-0.39, 0.29) is 35.0 Å². The number of carbonyl (C=O) groups is 3. The second kappa shape index (κ2) is 12.3. The number of esters is 1. The van der Waals surface area contributed by atoms with Crippen LogP contribution in [0.1, 0.15) is 54.7 Å². The standard InChI is InChI=1S/C28H32F3N5O6/c1-14(2)23(27(40)41-4)34-25(39)21-12-32-26(42-21)18-7-5-6-17(10-18)19-11-20(24(38)33-15(3)16-8-9-16)36(35-19)13-22(37)28(29,30)31/h5-7,10-12,14-16,22-23,37H,8-9,13H2,1-4H3,(H,33,38)(H,34,39)/t15-,22?,23?/m0/s1. The first-order valence-electron chi connectivity index (χ1n) is 13.4. The maximum atomic E-state index is 13.1. The van der Waals surface area contributed by atoms with Gasteiger partial charge >= 0.3 is 12.1 Å². The van der Waals surface area contributed by atoms with E-state index < -0.39 is 42.7 Å². The molecule has 1 aliphatic rings. The quantitative estimate of drug-likeness (QED) is 0.287. The van der Waals surface area contributed by atoms with Gasteiger partial charge in [-0.05, 0) is 49.8 Å². The Morgan fingerprint density at radius 2 is 1.81 bits per heavy atom. The Bertz CT molecular complexity index is 1450. The number of aromatic nitrogens is 3. The summed E-state index contributed by atoms with van der Waals surface area (Å²) in [4.78, 5) is 41.8. The van der Waals surface area contributed by atoms with Gasteiger partial charge < -0.3 is 24.9 Å². The molecule has 0 bridgehead atoms. The summed E-state index contributed by atoms with van der Waals surface area (Å²) in [6.07, 6.45) is -4.51. The Labute approximate surface area is 239 Å². The molecule has 0 saturated heterocycles. The first kappa shape index (κ1) is 30.8. The number of carbonyl (C=O) groups excluding carboxylic acids is 3. The van der Waals surface area contributed by atoms with Gasteiger partial charge in [0.15, 0.2) is 6.10 Å².